The van der Waals surface area contributed by atoms with Crippen molar-refractivity contribution in [2.24, 2.45) is 12.5 Å². The molecule has 2 aromatic rings. The fourth-order valence-electron chi connectivity index (χ4n) is 3.39. The van der Waals surface area contributed by atoms with Crippen molar-refractivity contribution in [3.8, 4) is 11.3 Å². The van der Waals surface area contributed by atoms with Gasteiger partial charge in [-0.15, -0.1) is 0 Å². The molecular formula is C25H40NSi+. The molecule has 0 aliphatic heterocycles. The Morgan fingerprint density at radius 3 is 2.07 bits per heavy atom. The van der Waals surface area contributed by atoms with Gasteiger partial charge in [0.15, 0.2) is 6.20 Å². The fourth-order valence-corrected chi connectivity index (χ4v) is 4.91. The summed E-state index contributed by atoms with van der Waals surface area (Å²) in [5.74, 6) is 0. The van der Waals surface area contributed by atoms with Gasteiger partial charge < -0.3 is 0 Å². The number of hydrogen-bond donors (Lipinski definition) is 0. The van der Waals surface area contributed by atoms with E-state index in [9.17, 15) is 0 Å². The Morgan fingerprint density at radius 2 is 1.59 bits per heavy atom. The smallest absolute Gasteiger partial charge is 0.201 e. The maximum atomic E-state index is 9.04. The van der Waals surface area contributed by atoms with Crippen LogP contribution in [0.25, 0.3) is 11.3 Å². The molecule has 148 valence electrons. The molecule has 0 aliphatic rings. The molecule has 1 aromatic heterocycles. The summed E-state index contributed by atoms with van der Waals surface area (Å²) in [6.07, 6.45) is 0.783. The molecule has 0 amide bonds. The molecule has 0 N–H and O–H groups in total. The standard InChI is InChI=1S/C25H40NSi/c1-18-12-13-20(25(5,6)7)15-21(18)22-14-19(16-24(2,3)4)23(17-26(22)8)27(9,10)11/h12-15,17H,16H2,1-11H3/q+1/i16D2. The van der Waals surface area contributed by atoms with Gasteiger partial charge in [0.05, 0.1) is 8.07 Å². The van der Waals surface area contributed by atoms with Crippen molar-refractivity contribution in [2.45, 2.75) is 79.9 Å². The van der Waals surface area contributed by atoms with Gasteiger partial charge >= 0.3 is 0 Å². The topological polar surface area (TPSA) is 3.88 Å². The number of aryl methyl sites for hydroxylation is 2. The lowest BCUT2D eigenvalue weighted by Crippen LogP contribution is -2.47. The Kier molecular flexibility index (Phi) is 5.05. The van der Waals surface area contributed by atoms with Gasteiger partial charge in [-0.25, -0.2) is 4.57 Å². The third-order valence-corrected chi connectivity index (χ3v) is 6.99. The highest BCUT2D eigenvalue weighted by Gasteiger charge is 2.28. The van der Waals surface area contributed by atoms with Crippen LogP contribution in [0.1, 0.15) is 61.0 Å². The number of benzene rings is 1. The number of pyridine rings is 1. The molecule has 0 bridgehead atoms. The number of rotatable bonds is 3. The van der Waals surface area contributed by atoms with Crippen LogP contribution in [-0.4, -0.2) is 8.07 Å². The number of aromatic nitrogens is 1. The molecule has 1 aromatic carbocycles. The molecule has 0 spiro atoms. The first kappa shape index (κ1) is 18.9. The van der Waals surface area contributed by atoms with Crippen LogP contribution >= 0.6 is 0 Å². The van der Waals surface area contributed by atoms with Crippen molar-refractivity contribution in [1.82, 2.24) is 0 Å². The highest BCUT2D eigenvalue weighted by Crippen LogP contribution is 2.30. The lowest BCUT2D eigenvalue weighted by molar-refractivity contribution is -0.659. The predicted octanol–water partition coefficient (Wildman–Crippen LogP) is 5.92. The minimum absolute atomic E-state index is 0.0716. The van der Waals surface area contributed by atoms with E-state index in [0.717, 1.165) is 11.3 Å². The van der Waals surface area contributed by atoms with Crippen LogP contribution in [0, 0.1) is 12.3 Å². The van der Waals surface area contributed by atoms with Crippen LogP contribution < -0.4 is 9.75 Å². The Morgan fingerprint density at radius 1 is 1.00 bits per heavy atom. The average Bonchev–Trinajstić information content (AvgIpc) is 2.52. The van der Waals surface area contributed by atoms with Gasteiger partial charge in [-0.3, -0.25) is 0 Å². The molecule has 2 rings (SSSR count). The first-order chi connectivity index (χ1) is 12.9. The third-order valence-electron chi connectivity index (χ3n) is 4.97. The highest BCUT2D eigenvalue weighted by molar-refractivity contribution is 6.88. The normalized spacial score (nSPS) is 14.8. The molecule has 27 heavy (non-hydrogen) atoms. The minimum atomic E-state index is -1.74. The van der Waals surface area contributed by atoms with Crippen LogP contribution in [0.2, 0.25) is 19.6 Å². The summed E-state index contributed by atoms with van der Waals surface area (Å²) in [6, 6.07) is 8.83. The summed E-state index contributed by atoms with van der Waals surface area (Å²) in [6.45, 7) is 21.8. The van der Waals surface area contributed by atoms with Crippen molar-refractivity contribution >= 4 is 13.3 Å². The monoisotopic (exact) mass is 384 g/mol. The summed E-state index contributed by atoms with van der Waals surface area (Å²) < 4.78 is 20.3. The van der Waals surface area contributed by atoms with E-state index in [1.807, 2.05) is 20.8 Å². The molecule has 0 fully saturated rings. The second-order valence-corrected chi connectivity index (χ2v) is 16.0. The van der Waals surface area contributed by atoms with E-state index in [4.69, 9.17) is 2.74 Å². The Hall–Kier alpha value is -1.41. The van der Waals surface area contributed by atoms with E-state index < -0.39 is 19.9 Å². The van der Waals surface area contributed by atoms with E-state index in [1.54, 1.807) is 0 Å². The average molecular weight is 385 g/mol. The lowest BCUT2D eigenvalue weighted by Gasteiger charge is -2.25. The molecule has 1 nitrogen and oxygen atoms in total. The summed E-state index contributed by atoms with van der Waals surface area (Å²) in [7, 11) is 0.359. The van der Waals surface area contributed by atoms with Crippen molar-refractivity contribution in [3.05, 3.63) is 47.2 Å². The van der Waals surface area contributed by atoms with Crippen LogP contribution in [0.4, 0.5) is 0 Å². The zero-order chi connectivity index (χ0) is 22.6. The van der Waals surface area contributed by atoms with Gasteiger partial charge in [-0.2, -0.15) is 0 Å². The molecule has 0 aliphatic carbocycles. The molecule has 2 heteroatoms. The first-order valence-electron chi connectivity index (χ1n) is 11.0. The molecule has 0 unspecified atom stereocenters. The molecular weight excluding hydrogens is 342 g/mol. The highest BCUT2D eigenvalue weighted by atomic mass is 28.3. The summed E-state index contributed by atoms with van der Waals surface area (Å²) in [5, 5.41) is 1.20. The van der Waals surface area contributed by atoms with Crippen LogP contribution in [-0.2, 0) is 18.8 Å². The SMILES string of the molecule is [2H]C([2H])(c1cc(-c2cc(C(C)(C)C)ccc2C)[n+](C)cc1[Si](C)(C)C)C(C)(C)C. The number of hydrogen-bond acceptors (Lipinski definition) is 0. The van der Waals surface area contributed by atoms with Gasteiger partial charge in [-0.05, 0) is 46.9 Å². The molecule has 0 saturated heterocycles. The largest absolute Gasteiger partial charge is 0.212 e. The predicted molar refractivity (Wildman–Crippen MR) is 123 cm³/mol. The first-order valence-corrected chi connectivity index (χ1v) is 13.5. The Balaban J connectivity index is 2.89. The van der Waals surface area contributed by atoms with Gasteiger partial charge in [0.2, 0.25) is 5.69 Å². The van der Waals surface area contributed by atoms with Crippen molar-refractivity contribution in [3.63, 3.8) is 0 Å². The third kappa shape index (κ3) is 5.31. The van der Waals surface area contributed by atoms with Crippen LogP contribution in [0.15, 0.2) is 30.5 Å². The summed E-state index contributed by atoms with van der Waals surface area (Å²) >= 11 is 0. The van der Waals surface area contributed by atoms with Crippen molar-refractivity contribution in [2.75, 3.05) is 0 Å². The lowest BCUT2D eigenvalue weighted by atomic mass is 9.84. The zero-order valence-corrected chi connectivity index (χ0v) is 20.3. The van der Waals surface area contributed by atoms with E-state index in [0.29, 0.717) is 0 Å². The van der Waals surface area contributed by atoms with Gasteiger partial charge in [-0.1, -0.05) is 73.3 Å². The second kappa shape index (κ2) is 7.20. The van der Waals surface area contributed by atoms with E-state index in [2.05, 4.69) is 89.4 Å². The summed E-state index contributed by atoms with van der Waals surface area (Å²) in [4.78, 5) is 0. The van der Waals surface area contributed by atoms with Crippen LogP contribution in [0.3, 0.4) is 0 Å². The Labute approximate surface area is 171 Å². The fraction of sp³-hybridized carbons (Fsp3) is 0.560. The molecule has 1 heterocycles. The van der Waals surface area contributed by atoms with Gasteiger partial charge in [0, 0.05) is 19.6 Å². The molecule has 0 saturated carbocycles. The zero-order valence-electron chi connectivity index (χ0n) is 21.3. The summed E-state index contributed by atoms with van der Waals surface area (Å²) in [5.41, 5.74) is 5.23. The van der Waals surface area contributed by atoms with Crippen molar-refractivity contribution in [1.29, 1.82) is 0 Å². The van der Waals surface area contributed by atoms with Crippen molar-refractivity contribution < 1.29 is 7.31 Å². The van der Waals surface area contributed by atoms with Crippen LogP contribution in [0.5, 0.6) is 0 Å². The molecule has 0 radical (unpaired) electrons. The number of nitrogens with zero attached hydrogens (tertiary/aromatic N) is 1. The minimum Gasteiger partial charge on any atom is -0.201 e. The maximum absolute atomic E-state index is 9.04. The van der Waals surface area contributed by atoms with E-state index in [1.165, 1.54) is 21.9 Å². The van der Waals surface area contributed by atoms with Gasteiger partial charge in [0.1, 0.15) is 7.05 Å². The Bertz CT molecular complexity index is 910. The quantitative estimate of drug-likeness (QED) is 0.457. The molecule has 0 atom stereocenters. The maximum Gasteiger partial charge on any atom is 0.212 e. The van der Waals surface area contributed by atoms with Gasteiger partial charge in [0.25, 0.3) is 0 Å². The van der Waals surface area contributed by atoms with E-state index >= 15 is 0 Å². The second-order valence-electron chi connectivity index (χ2n) is 11.0. The van der Waals surface area contributed by atoms with E-state index in [-0.39, 0.29) is 5.41 Å².